The van der Waals surface area contributed by atoms with Crippen LogP contribution in [0.1, 0.15) is 52.9 Å². The minimum Gasteiger partial charge on any atom is -0.460 e. The van der Waals surface area contributed by atoms with E-state index in [-0.39, 0.29) is 18.6 Å². The van der Waals surface area contributed by atoms with E-state index in [1.165, 1.54) is 4.90 Å². The van der Waals surface area contributed by atoms with E-state index < -0.39 is 23.6 Å². The molecule has 2 bridgehead atoms. The van der Waals surface area contributed by atoms with Crippen LogP contribution in [0.4, 0.5) is 4.79 Å². The van der Waals surface area contributed by atoms with E-state index >= 15 is 0 Å². The Morgan fingerprint density at radius 1 is 1.28 bits per heavy atom. The van der Waals surface area contributed by atoms with Crippen LogP contribution in [-0.2, 0) is 19.2 Å². The summed E-state index contributed by atoms with van der Waals surface area (Å²) in [6.45, 7) is 6.07. The number of carbonyl (C=O) groups excluding carboxylic acids is 3. The van der Waals surface area contributed by atoms with Crippen LogP contribution in [0.2, 0.25) is 0 Å². The van der Waals surface area contributed by atoms with Crippen molar-refractivity contribution in [2.75, 3.05) is 13.2 Å². The second-order valence-corrected chi connectivity index (χ2v) is 7.38. The molecule has 2 rings (SSSR count). The lowest BCUT2D eigenvalue weighted by atomic mass is 10.0. The number of fused-ring (bicyclic) bond motifs is 2. The minimum atomic E-state index is -0.623. The molecule has 2 heterocycles. The Balaban J connectivity index is 1.60. The van der Waals surface area contributed by atoms with Crippen molar-refractivity contribution in [3.05, 3.63) is 0 Å². The van der Waals surface area contributed by atoms with Gasteiger partial charge in [0.15, 0.2) is 0 Å². The Labute approximate surface area is 147 Å². The van der Waals surface area contributed by atoms with Crippen molar-refractivity contribution < 1.29 is 29.2 Å². The van der Waals surface area contributed by atoms with Gasteiger partial charge in [-0.25, -0.2) is 15.3 Å². The molecule has 2 aliphatic rings. The fourth-order valence-corrected chi connectivity index (χ4v) is 2.95. The largest absolute Gasteiger partial charge is 0.460 e. The lowest BCUT2D eigenvalue weighted by Crippen LogP contribution is -2.49. The first-order valence-electron chi connectivity index (χ1n) is 8.61. The van der Waals surface area contributed by atoms with Gasteiger partial charge in [0.1, 0.15) is 11.6 Å². The SMILES string of the molecule is CC(C)(C)OC(=O)CCCCONC(=O)[C@@H]1CC[C@@H]2CN1C(=O)N2O. The van der Waals surface area contributed by atoms with Crippen molar-refractivity contribution in [2.45, 2.75) is 70.6 Å². The number of hydroxylamine groups is 3. The lowest BCUT2D eigenvalue weighted by molar-refractivity contribution is -0.155. The predicted molar refractivity (Wildman–Crippen MR) is 86.3 cm³/mol. The number of piperidine rings is 1. The first kappa shape index (κ1) is 19.5. The fourth-order valence-electron chi connectivity index (χ4n) is 2.95. The summed E-state index contributed by atoms with van der Waals surface area (Å²) in [4.78, 5) is 42.0. The molecule has 9 nitrogen and oxygen atoms in total. The number of unbranched alkanes of at least 4 members (excludes halogenated alkanes) is 1. The Kier molecular flexibility index (Phi) is 6.23. The van der Waals surface area contributed by atoms with E-state index in [1.807, 2.05) is 20.8 Å². The van der Waals surface area contributed by atoms with Crippen molar-refractivity contribution in [3.8, 4) is 0 Å². The maximum absolute atomic E-state index is 12.1. The standard InChI is InChI=1S/C16H27N3O6/c1-16(2,3)25-13(20)6-4-5-9-24-17-14(21)12-8-7-11-10-18(12)15(22)19(11)23/h11-12,23H,4-10H2,1-3H3,(H,17,21)/t11-,12+/m1/s1. The number of amides is 3. The summed E-state index contributed by atoms with van der Waals surface area (Å²) in [6.07, 6.45) is 2.56. The van der Waals surface area contributed by atoms with Gasteiger partial charge in [-0.3, -0.25) is 19.6 Å². The van der Waals surface area contributed by atoms with E-state index in [2.05, 4.69) is 5.48 Å². The molecule has 25 heavy (non-hydrogen) atoms. The van der Waals surface area contributed by atoms with E-state index in [9.17, 15) is 19.6 Å². The zero-order valence-corrected chi connectivity index (χ0v) is 15.0. The van der Waals surface area contributed by atoms with Crippen molar-refractivity contribution in [1.29, 1.82) is 0 Å². The monoisotopic (exact) mass is 357 g/mol. The van der Waals surface area contributed by atoms with Gasteiger partial charge in [0, 0.05) is 13.0 Å². The van der Waals surface area contributed by atoms with Gasteiger partial charge in [-0.05, 0) is 46.5 Å². The number of carbonyl (C=O) groups is 3. The van der Waals surface area contributed by atoms with Crippen LogP contribution in [0.25, 0.3) is 0 Å². The van der Waals surface area contributed by atoms with Crippen molar-refractivity contribution in [1.82, 2.24) is 15.4 Å². The normalized spacial score (nSPS) is 23.0. The molecule has 0 saturated carbocycles. The number of ether oxygens (including phenoxy) is 1. The molecule has 0 aliphatic carbocycles. The third-order valence-electron chi connectivity index (χ3n) is 4.12. The summed E-state index contributed by atoms with van der Waals surface area (Å²) in [7, 11) is 0. The highest BCUT2D eigenvalue weighted by Gasteiger charge is 2.46. The number of hydrogen-bond donors (Lipinski definition) is 2. The van der Waals surface area contributed by atoms with E-state index in [4.69, 9.17) is 9.57 Å². The molecule has 9 heteroatoms. The summed E-state index contributed by atoms with van der Waals surface area (Å²) >= 11 is 0. The summed E-state index contributed by atoms with van der Waals surface area (Å²) < 4.78 is 5.20. The van der Waals surface area contributed by atoms with Crippen LogP contribution in [0, 0.1) is 0 Å². The van der Waals surface area contributed by atoms with E-state index in [0.29, 0.717) is 43.7 Å². The molecule has 2 N–H and O–H groups in total. The Bertz CT molecular complexity index is 518. The lowest BCUT2D eigenvalue weighted by Gasteiger charge is -2.28. The summed E-state index contributed by atoms with van der Waals surface area (Å²) in [6, 6.07) is -1.40. The van der Waals surface area contributed by atoms with Gasteiger partial charge >= 0.3 is 12.0 Å². The molecule has 2 atom stereocenters. The zero-order chi connectivity index (χ0) is 18.6. The first-order chi connectivity index (χ1) is 11.7. The highest BCUT2D eigenvalue weighted by atomic mass is 16.7. The van der Waals surface area contributed by atoms with Crippen LogP contribution >= 0.6 is 0 Å². The minimum absolute atomic E-state index is 0.231. The molecule has 2 aliphatic heterocycles. The first-order valence-corrected chi connectivity index (χ1v) is 8.61. The van der Waals surface area contributed by atoms with Crippen molar-refractivity contribution in [3.63, 3.8) is 0 Å². The average molecular weight is 357 g/mol. The van der Waals surface area contributed by atoms with Gasteiger partial charge in [0.25, 0.3) is 5.91 Å². The van der Waals surface area contributed by atoms with Crippen molar-refractivity contribution >= 4 is 17.9 Å². The second-order valence-electron chi connectivity index (χ2n) is 7.38. The van der Waals surface area contributed by atoms with Gasteiger partial charge in [-0.15, -0.1) is 0 Å². The van der Waals surface area contributed by atoms with E-state index in [0.717, 1.165) is 0 Å². The number of nitrogens with zero attached hydrogens (tertiary/aromatic N) is 2. The molecule has 142 valence electrons. The molecule has 0 spiro atoms. The van der Waals surface area contributed by atoms with Gasteiger partial charge in [-0.2, -0.15) is 0 Å². The third-order valence-corrected chi connectivity index (χ3v) is 4.12. The molecule has 0 aromatic rings. The third kappa shape index (κ3) is 5.30. The summed E-state index contributed by atoms with van der Waals surface area (Å²) in [5, 5.41) is 10.3. The second kappa shape index (κ2) is 8.01. The Morgan fingerprint density at radius 2 is 2.00 bits per heavy atom. The topological polar surface area (TPSA) is 108 Å². The molecular formula is C16H27N3O6. The fraction of sp³-hybridized carbons (Fsp3) is 0.812. The summed E-state index contributed by atoms with van der Waals surface area (Å²) in [5.74, 6) is -0.649. The zero-order valence-electron chi connectivity index (χ0n) is 15.0. The van der Waals surface area contributed by atoms with Crippen LogP contribution < -0.4 is 5.48 Å². The van der Waals surface area contributed by atoms with Crippen LogP contribution in [0.15, 0.2) is 0 Å². The number of nitrogens with one attached hydrogen (secondary N) is 1. The van der Waals surface area contributed by atoms with Crippen LogP contribution in [-0.4, -0.2) is 63.9 Å². The van der Waals surface area contributed by atoms with Gasteiger partial charge in [0.05, 0.1) is 12.6 Å². The Hall–Kier alpha value is -1.87. The molecular weight excluding hydrogens is 330 g/mol. The predicted octanol–water partition coefficient (Wildman–Crippen LogP) is 1.20. The quantitative estimate of drug-likeness (QED) is 0.307. The highest BCUT2D eigenvalue weighted by Crippen LogP contribution is 2.28. The molecule has 0 aromatic heterocycles. The van der Waals surface area contributed by atoms with Crippen LogP contribution in [0.5, 0.6) is 0 Å². The van der Waals surface area contributed by atoms with Gasteiger partial charge < -0.3 is 9.64 Å². The number of urea groups is 1. The molecule has 0 aromatic carbocycles. The smallest absolute Gasteiger partial charge is 0.344 e. The molecule has 0 unspecified atom stereocenters. The Morgan fingerprint density at radius 3 is 2.68 bits per heavy atom. The summed E-state index contributed by atoms with van der Waals surface area (Å²) in [5.41, 5.74) is 1.86. The number of hydrogen-bond acceptors (Lipinski definition) is 6. The molecule has 2 fully saturated rings. The van der Waals surface area contributed by atoms with Crippen LogP contribution in [0.3, 0.4) is 0 Å². The van der Waals surface area contributed by atoms with E-state index in [1.54, 1.807) is 0 Å². The molecule has 3 amide bonds. The average Bonchev–Trinajstić information content (AvgIpc) is 2.73. The number of esters is 1. The van der Waals surface area contributed by atoms with Gasteiger partial charge in [0.2, 0.25) is 0 Å². The molecule has 2 saturated heterocycles. The highest BCUT2D eigenvalue weighted by molar-refractivity contribution is 5.87. The van der Waals surface area contributed by atoms with Gasteiger partial charge in [-0.1, -0.05) is 0 Å². The maximum atomic E-state index is 12.1. The number of rotatable bonds is 7. The maximum Gasteiger partial charge on any atom is 0.344 e. The molecule has 0 radical (unpaired) electrons. The van der Waals surface area contributed by atoms with Crippen molar-refractivity contribution in [2.24, 2.45) is 0 Å².